The van der Waals surface area contributed by atoms with Gasteiger partial charge in [0.25, 0.3) is 0 Å². The van der Waals surface area contributed by atoms with Crippen molar-refractivity contribution in [1.82, 2.24) is 5.32 Å². The van der Waals surface area contributed by atoms with E-state index in [1.165, 1.54) is 0 Å². The van der Waals surface area contributed by atoms with Gasteiger partial charge in [-0.1, -0.05) is 54.6 Å². The van der Waals surface area contributed by atoms with E-state index in [1.54, 1.807) is 0 Å². The average molecular weight is 337 g/mol. The van der Waals surface area contributed by atoms with Gasteiger partial charge in [-0.05, 0) is 36.5 Å². The number of benzene rings is 2. The zero-order chi connectivity index (χ0) is 17.4. The third-order valence-corrected chi connectivity index (χ3v) is 5.51. The van der Waals surface area contributed by atoms with Gasteiger partial charge in [0.1, 0.15) is 5.60 Å². The van der Waals surface area contributed by atoms with Crippen LogP contribution in [0.25, 0.3) is 0 Å². The van der Waals surface area contributed by atoms with Crippen LogP contribution < -0.4 is 5.32 Å². The van der Waals surface area contributed by atoms with Crippen molar-refractivity contribution in [1.29, 1.82) is 0 Å². The van der Waals surface area contributed by atoms with E-state index >= 15 is 0 Å². The lowest BCUT2D eigenvalue weighted by atomic mass is 9.79. The Balaban J connectivity index is 1.89. The number of ether oxygens (including phenoxy) is 1. The summed E-state index contributed by atoms with van der Waals surface area (Å²) < 4.78 is 6.18. The molecule has 1 amide bonds. The minimum atomic E-state index is -1.22. The lowest BCUT2D eigenvalue weighted by Crippen LogP contribution is -2.41. The van der Waals surface area contributed by atoms with Crippen molar-refractivity contribution < 1.29 is 14.6 Å². The molecule has 0 saturated carbocycles. The monoisotopic (exact) mass is 337 g/mol. The van der Waals surface area contributed by atoms with Crippen LogP contribution in [0.4, 0.5) is 0 Å². The van der Waals surface area contributed by atoms with Crippen molar-refractivity contribution in [3.05, 3.63) is 71.3 Å². The molecule has 1 fully saturated rings. The highest BCUT2D eigenvalue weighted by Gasteiger charge is 2.45. The molecule has 2 aliphatic rings. The van der Waals surface area contributed by atoms with E-state index in [0.29, 0.717) is 6.54 Å². The minimum Gasteiger partial charge on any atom is -0.378 e. The van der Waals surface area contributed by atoms with E-state index in [2.05, 4.69) is 5.32 Å². The Morgan fingerprint density at radius 2 is 1.84 bits per heavy atom. The molecule has 0 spiro atoms. The van der Waals surface area contributed by atoms with Crippen molar-refractivity contribution in [3.8, 4) is 0 Å². The van der Waals surface area contributed by atoms with E-state index in [4.69, 9.17) is 4.74 Å². The third-order valence-electron chi connectivity index (χ3n) is 5.51. The molecule has 0 aromatic heterocycles. The van der Waals surface area contributed by atoms with E-state index in [-0.39, 0.29) is 24.0 Å². The summed E-state index contributed by atoms with van der Waals surface area (Å²) in [7, 11) is 0. The molecule has 4 nitrogen and oxygen atoms in total. The summed E-state index contributed by atoms with van der Waals surface area (Å²) in [5.74, 6) is -0.272. The van der Waals surface area contributed by atoms with Gasteiger partial charge in [0.05, 0.1) is 18.1 Å². The van der Waals surface area contributed by atoms with Gasteiger partial charge in [-0.15, -0.1) is 0 Å². The summed E-state index contributed by atoms with van der Waals surface area (Å²) >= 11 is 0. The lowest BCUT2D eigenvalue weighted by molar-refractivity contribution is -0.123. The Morgan fingerprint density at radius 1 is 1.08 bits per heavy atom. The summed E-state index contributed by atoms with van der Waals surface area (Å²) in [6.07, 6.45) is 1.19. The second-order valence-corrected chi connectivity index (χ2v) is 7.05. The molecule has 0 radical (unpaired) electrons. The van der Waals surface area contributed by atoms with Gasteiger partial charge in [0.15, 0.2) is 0 Å². The largest absolute Gasteiger partial charge is 0.378 e. The molecule has 1 saturated heterocycles. The van der Waals surface area contributed by atoms with Crippen molar-refractivity contribution in [2.24, 2.45) is 0 Å². The van der Waals surface area contributed by atoms with Gasteiger partial charge >= 0.3 is 0 Å². The summed E-state index contributed by atoms with van der Waals surface area (Å²) in [5.41, 5.74) is 1.29. The number of carbonyl (C=O) groups is 1. The van der Waals surface area contributed by atoms with Gasteiger partial charge in [-0.3, -0.25) is 4.79 Å². The second-order valence-electron chi connectivity index (χ2n) is 7.05. The van der Waals surface area contributed by atoms with Crippen LogP contribution in [0.5, 0.6) is 0 Å². The Kier molecular flexibility index (Phi) is 4.10. The number of aliphatic hydroxyl groups is 1. The second kappa shape index (κ2) is 6.28. The Bertz CT molecular complexity index is 776. The first-order valence-electron chi connectivity index (χ1n) is 8.90. The van der Waals surface area contributed by atoms with Crippen LogP contribution in [0.3, 0.4) is 0 Å². The van der Waals surface area contributed by atoms with Crippen LogP contribution in [0.2, 0.25) is 0 Å². The van der Waals surface area contributed by atoms with Crippen LogP contribution in [-0.2, 0) is 15.1 Å². The average Bonchev–Trinajstić information content (AvgIpc) is 3.14. The van der Waals surface area contributed by atoms with Crippen LogP contribution in [0, 0.1) is 0 Å². The molecule has 4 atom stereocenters. The SMILES string of the molecule is C[C@@H]1C(=O)NC[C@@H]2CC[C@@H](O2)[C@@](O)(c2ccccc2)c2cccc1c2. The fourth-order valence-electron chi connectivity index (χ4n) is 3.96. The number of amides is 1. The topological polar surface area (TPSA) is 58.6 Å². The number of hydrogen-bond donors (Lipinski definition) is 2. The number of hydrogen-bond acceptors (Lipinski definition) is 3. The van der Waals surface area contributed by atoms with E-state index in [1.807, 2.05) is 61.5 Å². The first-order chi connectivity index (χ1) is 12.1. The van der Waals surface area contributed by atoms with E-state index < -0.39 is 5.60 Å². The standard InChI is InChI=1S/C21H23NO3/c1-14-15-6-5-9-17(12-15)21(24,16-7-3-2-4-8-16)19-11-10-18(25-19)13-22-20(14)23/h2-9,12,14,18-19,24H,10-11,13H2,1H3,(H,22,23)/t14-,18-,19+,21+/m0/s1. The molecule has 130 valence electrons. The maximum absolute atomic E-state index is 12.4. The highest BCUT2D eigenvalue weighted by Crippen LogP contribution is 2.41. The van der Waals surface area contributed by atoms with Crippen molar-refractivity contribution >= 4 is 5.91 Å². The molecule has 2 aromatic carbocycles. The predicted molar refractivity (Wildman–Crippen MR) is 95.2 cm³/mol. The van der Waals surface area contributed by atoms with Crippen LogP contribution in [0.1, 0.15) is 42.4 Å². The van der Waals surface area contributed by atoms with Gasteiger partial charge in [-0.2, -0.15) is 0 Å². The fourth-order valence-corrected chi connectivity index (χ4v) is 3.96. The van der Waals surface area contributed by atoms with Gasteiger partial charge in [0, 0.05) is 6.54 Å². The smallest absolute Gasteiger partial charge is 0.227 e. The Morgan fingerprint density at radius 3 is 2.64 bits per heavy atom. The molecule has 2 aliphatic heterocycles. The first-order valence-corrected chi connectivity index (χ1v) is 8.90. The number of fused-ring (bicyclic) bond motifs is 4. The zero-order valence-corrected chi connectivity index (χ0v) is 14.3. The molecular weight excluding hydrogens is 314 g/mol. The van der Waals surface area contributed by atoms with Crippen LogP contribution >= 0.6 is 0 Å². The summed E-state index contributed by atoms with van der Waals surface area (Å²) in [6, 6.07) is 17.4. The first kappa shape index (κ1) is 16.3. The molecule has 0 unspecified atom stereocenters. The molecule has 2 aromatic rings. The Hall–Kier alpha value is -2.17. The molecule has 2 N–H and O–H groups in total. The van der Waals surface area contributed by atoms with Gasteiger partial charge in [-0.25, -0.2) is 0 Å². The molecule has 4 bridgehead atoms. The van der Waals surface area contributed by atoms with Gasteiger partial charge in [0.2, 0.25) is 5.91 Å². The maximum atomic E-state index is 12.4. The zero-order valence-electron chi connectivity index (χ0n) is 14.3. The quantitative estimate of drug-likeness (QED) is 0.841. The van der Waals surface area contributed by atoms with Crippen molar-refractivity contribution in [2.45, 2.75) is 43.5 Å². The Labute approximate surface area is 147 Å². The molecule has 2 heterocycles. The maximum Gasteiger partial charge on any atom is 0.227 e. The molecule has 0 aliphatic carbocycles. The molecular formula is C21H23NO3. The van der Waals surface area contributed by atoms with Gasteiger partial charge < -0.3 is 15.2 Å². The van der Waals surface area contributed by atoms with Crippen molar-refractivity contribution in [2.75, 3.05) is 6.54 Å². The molecule has 4 heteroatoms. The highest BCUT2D eigenvalue weighted by molar-refractivity contribution is 5.83. The predicted octanol–water partition coefficient (Wildman–Crippen LogP) is 2.70. The van der Waals surface area contributed by atoms with E-state index in [9.17, 15) is 9.90 Å². The van der Waals surface area contributed by atoms with E-state index in [0.717, 1.165) is 29.5 Å². The molecule has 4 rings (SSSR count). The highest BCUT2D eigenvalue weighted by atomic mass is 16.5. The summed E-state index contributed by atoms with van der Waals surface area (Å²) in [6.45, 7) is 2.38. The van der Waals surface area contributed by atoms with Crippen LogP contribution in [-0.4, -0.2) is 29.8 Å². The molecule has 25 heavy (non-hydrogen) atoms. The number of rotatable bonds is 1. The summed E-state index contributed by atoms with van der Waals surface area (Å²) in [5, 5.41) is 14.8. The third kappa shape index (κ3) is 2.75. The summed E-state index contributed by atoms with van der Waals surface area (Å²) in [4.78, 5) is 12.4. The minimum absolute atomic E-state index is 0.00523. The van der Waals surface area contributed by atoms with Crippen LogP contribution in [0.15, 0.2) is 54.6 Å². The van der Waals surface area contributed by atoms with Crippen molar-refractivity contribution in [3.63, 3.8) is 0 Å². The number of carbonyl (C=O) groups excluding carboxylic acids is 1. The fraction of sp³-hybridized carbons (Fsp3) is 0.381. The lowest BCUT2D eigenvalue weighted by Gasteiger charge is -2.35. The number of nitrogens with one attached hydrogen (secondary N) is 1. The normalized spacial score (nSPS) is 31.9.